The van der Waals surface area contributed by atoms with Crippen molar-refractivity contribution in [3.8, 4) is 17.0 Å². The fourth-order valence-corrected chi connectivity index (χ4v) is 5.34. The molecule has 7 nitrogen and oxygen atoms in total. The van der Waals surface area contributed by atoms with Crippen molar-refractivity contribution < 1.29 is 23.1 Å². The van der Waals surface area contributed by atoms with Gasteiger partial charge in [0.05, 0.1) is 22.8 Å². The number of hydrogen-bond donors (Lipinski definition) is 1. The Kier molecular flexibility index (Phi) is 5.88. The highest BCUT2D eigenvalue weighted by Gasteiger charge is 2.35. The quantitative estimate of drug-likeness (QED) is 0.602. The van der Waals surface area contributed by atoms with Crippen molar-refractivity contribution in [3.63, 3.8) is 0 Å². The zero-order chi connectivity index (χ0) is 22.9. The molecule has 0 bridgehead atoms. The number of carboxylic acids is 1. The third kappa shape index (κ3) is 4.45. The van der Waals surface area contributed by atoms with Gasteiger partial charge < -0.3 is 9.84 Å². The Hall–Kier alpha value is -3.39. The van der Waals surface area contributed by atoms with Gasteiger partial charge in [-0.2, -0.15) is 0 Å². The molecule has 0 aliphatic carbocycles. The summed E-state index contributed by atoms with van der Waals surface area (Å²) in [5.41, 5.74) is 3.60. The first-order chi connectivity index (χ1) is 15.2. The second-order valence-corrected chi connectivity index (χ2v) is 9.73. The molecule has 0 fully saturated rings. The fourth-order valence-electron chi connectivity index (χ4n) is 3.74. The summed E-state index contributed by atoms with van der Waals surface area (Å²) < 4.78 is 34.6. The van der Waals surface area contributed by atoms with Crippen molar-refractivity contribution in [2.24, 2.45) is 0 Å². The number of carbonyl (C=O) groups is 1. The Balaban J connectivity index is 1.80. The van der Waals surface area contributed by atoms with E-state index in [1.165, 1.54) is 4.31 Å². The smallest absolute Gasteiger partial charge is 0.303 e. The van der Waals surface area contributed by atoms with E-state index in [2.05, 4.69) is 4.98 Å². The molecule has 1 aliphatic rings. The van der Waals surface area contributed by atoms with E-state index in [1.54, 1.807) is 30.3 Å². The summed E-state index contributed by atoms with van der Waals surface area (Å²) in [6.07, 6.45) is -0.472. The highest BCUT2D eigenvalue weighted by molar-refractivity contribution is 7.92. The third-order valence-corrected chi connectivity index (χ3v) is 7.11. The first-order valence-electron chi connectivity index (χ1n) is 10.3. The number of nitrogens with zero attached hydrogens (tertiary/aromatic N) is 2. The Morgan fingerprint density at radius 1 is 1.12 bits per heavy atom. The zero-order valence-corrected chi connectivity index (χ0v) is 18.7. The molecule has 2 aromatic carbocycles. The van der Waals surface area contributed by atoms with E-state index in [4.69, 9.17) is 9.84 Å². The van der Waals surface area contributed by atoms with Gasteiger partial charge in [-0.1, -0.05) is 18.2 Å². The molecule has 1 atom stereocenters. The minimum Gasteiger partial charge on any atom is -0.486 e. The average molecular weight is 453 g/mol. The third-order valence-electron chi connectivity index (χ3n) is 5.33. The van der Waals surface area contributed by atoms with Gasteiger partial charge in [0.2, 0.25) is 0 Å². The molecule has 0 radical (unpaired) electrons. The van der Waals surface area contributed by atoms with Crippen LogP contribution in [0.3, 0.4) is 0 Å². The predicted molar refractivity (Wildman–Crippen MR) is 121 cm³/mol. The van der Waals surface area contributed by atoms with Crippen molar-refractivity contribution in [2.75, 3.05) is 10.8 Å². The number of rotatable bonds is 6. The summed E-state index contributed by atoms with van der Waals surface area (Å²) in [6, 6.07) is 17.7. The summed E-state index contributed by atoms with van der Waals surface area (Å²) in [6.45, 7) is 3.76. The zero-order valence-electron chi connectivity index (χ0n) is 17.9. The monoisotopic (exact) mass is 452 g/mol. The molecule has 1 aliphatic heterocycles. The summed E-state index contributed by atoms with van der Waals surface area (Å²) in [5.74, 6) is -0.548. The van der Waals surface area contributed by atoms with Crippen LogP contribution in [0.4, 0.5) is 5.69 Å². The molecular formula is C24H24N2O5S. The largest absolute Gasteiger partial charge is 0.486 e. The van der Waals surface area contributed by atoms with Crippen LogP contribution in [-0.2, 0) is 14.8 Å². The van der Waals surface area contributed by atoms with Gasteiger partial charge in [0.25, 0.3) is 10.0 Å². The number of fused-ring (bicyclic) bond motifs is 1. The van der Waals surface area contributed by atoms with Gasteiger partial charge in [-0.15, -0.1) is 0 Å². The van der Waals surface area contributed by atoms with Crippen LogP contribution in [0.25, 0.3) is 11.3 Å². The van der Waals surface area contributed by atoms with Crippen LogP contribution >= 0.6 is 0 Å². The summed E-state index contributed by atoms with van der Waals surface area (Å²) in [4.78, 5) is 15.8. The molecule has 0 unspecified atom stereocenters. The molecule has 166 valence electrons. The lowest BCUT2D eigenvalue weighted by Gasteiger charge is -2.35. The van der Waals surface area contributed by atoms with Crippen molar-refractivity contribution in [2.45, 2.75) is 37.7 Å². The van der Waals surface area contributed by atoms with Crippen LogP contribution in [0.2, 0.25) is 0 Å². The Morgan fingerprint density at radius 2 is 1.91 bits per heavy atom. The number of pyridine rings is 1. The normalized spacial score (nSPS) is 15.7. The van der Waals surface area contributed by atoms with Gasteiger partial charge in [0.1, 0.15) is 11.9 Å². The number of aromatic nitrogens is 1. The van der Waals surface area contributed by atoms with E-state index in [0.29, 0.717) is 11.4 Å². The SMILES string of the molecule is Cc1cccc(S(=O)(=O)N2C[C@@H](CCC(=O)O)Oc3ccc(-c4cccc(C)n4)cc32)c1. The van der Waals surface area contributed by atoms with Crippen molar-refractivity contribution in [3.05, 3.63) is 71.9 Å². The molecule has 0 spiro atoms. The maximum Gasteiger partial charge on any atom is 0.303 e. The Morgan fingerprint density at radius 3 is 2.62 bits per heavy atom. The fraction of sp³-hybridized carbons (Fsp3) is 0.250. The molecule has 2 heterocycles. The Bertz CT molecular complexity index is 1270. The molecule has 0 amide bonds. The number of aliphatic carboxylic acids is 1. The molecule has 3 aromatic rings. The molecular weight excluding hydrogens is 428 g/mol. The lowest BCUT2D eigenvalue weighted by atomic mass is 10.1. The van der Waals surface area contributed by atoms with Gasteiger partial charge >= 0.3 is 5.97 Å². The maximum atomic E-state index is 13.6. The van der Waals surface area contributed by atoms with E-state index >= 15 is 0 Å². The minimum atomic E-state index is -3.89. The maximum absolute atomic E-state index is 13.6. The molecule has 1 aromatic heterocycles. The highest BCUT2D eigenvalue weighted by Crippen LogP contribution is 2.40. The summed E-state index contributed by atoms with van der Waals surface area (Å²) in [7, 11) is -3.89. The molecule has 0 saturated heterocycles. The number of carboxylic acid groups (broad SMARTS) is 1. The topological polar surface area (TPSA) is 96.8 Å². The van der Waals surface area contributed by atoms with E-state index in [-0.39, 0.29) is 24.3 Å². The van der Waals surface area contributed by atoms with Crippen LogP contribution < -0.4 is 9.04 Å². The lowest BCUT2D eigenvalue weighted by molar-refractivity contribution is -0.137. The number of aryl methyl sites for hydroxylation is 2. The van der Waals surface area contributed by atoms with E-state index in [0.717, 1.165) is 22.5 Å². The van der Waals surface area contributed by atoms with E-state index in [1.807, 2.05) is 44.2 Å². The Labute approximate surface area is 187 Å². The number of sulfonamides is 1. The summed E-state index contributed by atoms with van der Waals surface area (Å²) >= 11 is 0. The van der Waals surface area contributed by atoms with Crippen molar-refractivity contribution in [1.29, 1.82) is 0 Å². The van der Waals surface area contributed by atoms with Gasteiger partial charge in [0.15, 0.2) is 0 Å². The van der Waals surface area contributed by atoms with Crippen molar-refractivity contribution >= 4 is 21.7 Å². The lowest BCUT2D eigenvalue weighted by Crippen LogP contribution is -2.43. The second-order valence-electron chi connectivity index (χ2n) is 7.87. The van der Waals surface area contributed by atoms with Crippen LogP contribution in [0.15, 0.2) is 65.6 Å². The molecule has 4 rings (SSSR count). The first kappa shape index (κ1) is 21.8. The van der Waals surface area contributed by atoms with Gasteiger partial charge in [-0.3, -0.25) is 14.1 Å². The molecule has 1 N–H and O–H groups in total. The van der Waals surface area contributed by atoms with Crippen LogP contribution in [0, 0.1) is 13.8 Å². The van der Waals surface area contributed by atoms with Gasteiger partial charge in [-0.05, 0) is 68.3 Å². The first-order valence-corrected chi connectivity index (χ1v) is 11.7. The van der Waals surface area contributed by atoms with Crippen molar-refractivity contribution in [1.82, 2.24) is 4.98 Å². The van der Waals surface area contributed by atoms with Crippen LogP contribution in [0.5, 0.6) is 5.75 Å². The van der Waals surface area contributed by atoms with Crippen LogP contribution in [-0.4, -0.2) is 37.1 Å². The average Bonchev–Trinajstić information content (AvgIpc) is 2.76. The molecule has 0 saturated carbocycles. The standard InChI is InChI=1S/C24H24N2O5S/c1-16-5-3-7-20(13-16)32(29,30)26-15-19(10-12-24(27)28)31-23-11-9-18(14-22(23)26)21-8-4-6-17(2)25-21/h3-9,11,13-14,19H,10,12,15H2,1-2H3,(H,27,28)/t19-/m1/s1. The number of anilines is 1. The van der Waals surface area contributed by atoms with E-state index < -0.39 is 22.1 Å². The van der Waals surface area contributed by atoms with Crippen LogP contribution in [0.1, 0.15) is 24.1 Å². The second kappa shape index (κ2) is 8.63. The number of benzene rings is 2. The molecule has 8 heteroatoms. The van der Waals surface area contributed by atoms with E-state index in [9.17, 15) is 13.2 Å². The minimum absolute atomic E-state index is 0.0290. The number of hydrogen-bond acceptors (Lipinski definition) is 5. The molecule has 32 heavy (non-hydrogen) atoms. The van der Waals surface area contributed by atoms with Gasteiger partial charge in [-0.25, -0.2) is 8.42 Å². The number of ether oxygens (including phenoxy) is 1. The van der Waals surface area contributed by atoms with Gasteiger partial charge in [0, 0.05) is 17.7 Å². The predicted octanol–water partition coefficient (Wildman–Crippen LogP) is 4.19. The highest BCUT2D eigenvalue weighted by atomic mass is 32.2. The summed E-state index contributed by atoms with van der Waals surface area (Å²) in [5, 5.41) is 9.06.